The molecule has 0 saturated heterocycles. The van der Waals surface area contributed by atoms with Gasteiger partial charge in [-0.25, -0.2) is 4.98 Å². The molecule has 2 aliphatic rings. The Bertz CT molecular complexity index is 1010. The summed E-state index contributed by atoms with van der Waals surface area (Å²) in [6.07, 6.45) is 20.5. The lowest BCUT2D eigenvalue weighted by atomic mass is 10.0. The van der Waals surface area contributed by atoms with Gasteiger partial charge < -0.3 is 4.90 Å². The molecule has 35 heavy (non-hydrogen) atoms. The Hall–Kier alpha value is -1.94. The Labute approximate surface area is 217 Å². The van der Waals surface area contributed by atoms with Crippen molar-refractivity contribution in [1.29, 1.82) is 0 Å². The molecular formula is C31H46N2OS. The number of fused-ring (bicyclic) bond motifs is 2. The third-order valence-corrected chi connectivity index (χ3v) is 8.11. The second-order valence-electron chi connectivity index (χ2n) is 10.1. The summed E-state index contributed by atoms with van der Waals surface area (Å²) >= 11 is 1.68. The van der Waals surface area contributed by atoms with E-state index in [1.807, 2.05) is 6.07 Å². The average molecular weight is 495 g/mol. The van der Waals surface area contributed by atoms with E-state index in [4.69, 9.17) is 4.98 Å². The van der Waals surface area contributed by atoms with Gasteiger partial charge in [0.1, 0.15) is 0 Å². The number of rotatable bonds is 18. The van der Waals surface area contributed by atoms with Crippen molar-refractivity contribution in [2.45, 2.75) is 110 Å². The minimum absolute atomic E-state index is 0.0537. The second-order valence-corrected chi connectivity index (χ2v) is 11.2. The van der Waals surface area contributed by atoms with Gasteiger partial charge in [-0.15, -0.1) is 11.3 Å². The number of hydrogen-bond acceptors (Lipinski definition) is 4. The Morgan fingerprint density at radius 1 is 0.686 bits per heavy atom. The highest BCUT2D eigenvalue weighted by molar-refractivity contribution is 7.21. The van der Waals surface area contributed by atoms with Crippen LogP contribution >= 0.6 is 11.3 Å². The van der Waals surface area contributed by atoms with Crippen molar-refractivity contribution in [3.63, 3.8) is 0 Å². The molecule has 1 heterocycles. The summed E-state index contributed by atoms with van der Waals surface area (Å²) in [6.45, 7) is 6.79. The Morgan fingerprint density at radius 3 is 1.94 bits per heavy atom. The Balaban J connectivity index is 1.43. The number of unbranched alkanes of at least 4 members (excludes halogenated alkanes) is 13. The molecule has 0 bridgehead atoms. The first kappa shape index (κ1) is 27.6. The van der Waals surface area contributed by atoms with Crippen LogP contribution in [0.3, 0.4) is 0 Å². The van der Waals surface area contributed by atoms with Gasteiger partial charge in [-0.05, 0) is 43.2 Å². The van der Waals surface area contributed by atoms with Gasteiger partial charge in [0.15, 0.2) is 5.43 Å². The normalized spacial score (nSPS) is 11.5. The van der Waals surface area contributed by atoms with Crippen molar-refractivity contribution in [1.82, 2.24) is 4.98 Å². The molecule has 1 aliphatic carbocycles. The van der Waals surface area contributed by atoms with Crippen LogP contribution in [-0.4, -0.2) is 18.1 Å². The van der Waals surface area contributed by atoms with Gasteiger partial charge in [-0.1, -0.05) is 97.3 Å². The van der Waals surface area contributed by atoms with E-state index in [-0.39, 0.29) is 5.43 Å². The lowest BCUT2D eigenvalue weighted by Gasteiger charge is -2.25. The number of anilines is 1. The zero-order chi connectivity index (χ0) is 24.7. The zero-order valence-corrected chi connectivity index (χ0v) is 23.0. The summed E-state index contributed by atoms with van der Waals surface area (Å²) in [4.78, 5) is 20.1. The molecule has 0 atom stereocenters. The van der Waals surface area contributed by atoms with Crippen LogP contribution in [0.1, 0.15) is 110 Å². The van der Waals surface area contributed by atoms with E-state index in [9.17, 15) is 4.79 Å². The number of nitrogens with zero attached hydrogens (tertiary/aromatic N) is 2. The average Bonchev–Trinajstić information content (AvgIpc) is 2.87. The van der Waals surface area contributed by atoms with E-state index in [1.165, 1.54) is 102 Å². The van der Waals surface area contributed by atoms with Crippen molar-refractivity contribution < 1.29 is 0 Å². The highest BCUT2D eigenvalue weighted by atomic mass is 32.1. The van der Waals surface area contributed by atoms with Crippen LogP contribution in [-0.2, 0) is 0 Å². The third-order valence-electron chi connectivity index (χ3n) is 7.01. The first-order valence-corrected chi connectivity index (χ1v) is 15.1. The maximum atomic E-state index is 11.8. The van der Waals surface area contributed by atoms with Crippen LogP contribution in [0.4, 0.5) is 5.69 Å². The van der Waals surface area contributed by atoms with Gasteiger partial charge in [0.05, 0.1) is 20.8 Å². The van der Waals surface area contributed by atoms with Crippen LogP contribution in [0.2, 0.25) is 0 Å². The maximum Gasteiger partial charge on any atom is 0.180 e. The minimum atomic E-state index is 0.0537. The molecular weight excluding hydrogens is 448 g/mol. The fourth-order valence-electron chi connectivity index (χ4n) is 4.83. The number of benzene rings is 2. The standard InChI is InChI=1S/C31H46N2OS/c1-3-5-7-8-9-10-11-12-13-14-15-16-17-23-33(22-6-4-2)26-18-20-28-30(24-26)35-31-25-27(34)19-21-29(31)32-28/h18-21,24-25H,3-17,22-23H2,1-2H3. The molecule has 0 saturated carbocycles. The quantitative estimate of drug-likeness (QED) is 0.130. The Kier molecular flexibility index (Phi) is 12.6. The molecule has 0 amide bonds. The first-order chi connectivity index (χ1) is 17.2. The maximum absolute atomic E-state index is 11.8. The molecule has 0 fully saturated rings. The molecule has 0 unspecified atom stereocenters. The van der Waals surface area contributed by atoms with Crippen LogP contribution in [0.25, 0.3) is 20.8 Å². The molecule has 3 nitrogen and oxygen atoms in total. The van der Waals surface area contributed by atoms with Crippen LogP contribution < -0.4 is 10.3 Å². The smallest absolute Gasteiger partial charge is 0.180 e. The lowest BCUT2D eigenvalue weighted by molar-refractivity contribution is 0.537. The van der Waals surface area contributed by atoms with E-state index in [0.717, 1.165) is 33.9 Å². The third kappa shape index (κ3) is 9.56. The highest BCUT2D eigenvalue weighted by Gasteiger charge is 2.11. The van der Waals surface area contributed by atoms with Crippen LogP contribution in [0.5, 0.6) is 0 Å². The number of hydrogen-bond donors (Lipinski definition) is 0. The van der Waals surface area contributed by atoms with Crippen molar-refractivity contribution in [2.24, 2.45) is 0 Å². The lowest BCUT2D eigenvalue weighted by Crippen LogP contribution is -2.25. The monoisotopic (exact) mass is 494 g/mol. The van der Waals surface area contributed by atoms with Gasteiger partial charge in [0, 0.05) is 24.8 Å². The molecule has 1 aliphatic heterocycles. The molecule has 1 aromatic rings. The van der Waals surface area contributed by atoms with Gasteiger partial charge >= 0.3 is 0 Å². The summed E-state index contributed by atoms with van der Waals surface area (Å²) < 4.78 is 1.16. The van der Waals surface area contributed by atoms with Gasteiger partial charge in [-0.2, -0.15) is 0 Å². The number of aromatic nitrogens is 1. The summed E-state index contributed by atoms with van der Waals surface area (Å²) in [5.41, 5.74) is 3.27. The Morgan fingerprint density at radius 2 is 1.29 bits per heavy atom. The van der Waals surface area contributed by atoms with Crippen molar-refractivity contribution in [3.05, 3.63) is 46.6 Å². The summed E-state index contributed by atoms with van der Waals surface area (Å²) in [5, 5.41) is 0. The molecule has 0 radical (unpaired) electrons. The predicted molar refractivity (Wildman–Crippen MR) is 155 cm³/mol. The van der Waals surface area contributed by atoms with E-state index in [1.54, 1.807) is 23.5 Å². The fraction of sp³-hybridized carbons (Fsp3) is 0.613. The van der Waals surface area contributed by atoms with Crippen LogP contribution in [0, 0.1) is 0 Å². The topological polar surface area (TPSA) is 33.2 Å². The molecule has 1 aromatic carbocycles. The SMILES string of the molecule is CCCCCCCCCCCCCCCN(CCCC)c1ccc2nc3ccc(=O)cc-3sc2c1. The van der Waals surface area contributed by atoms with Gasteiger partial charge in [0.25, 0.3) is 0 Å². The van der Waals surface area contributed by atoms with Gasteiger partial charge in [0.2, 0.25) is 0 Å². The minimum Gasteiger partial charge on any atom is -0.371 e. The fourth-order valence-corrected chi connectivity index (χ4v) is 5.86. The zero-order valence-electron chi connectivity index (χ0n) is 22.2. The molecule has 192 valence electrons. The second kappa shape index (κ2) is 15.9. The summed E-state index contributed by atoms with van der Waals surface area (Å²) in [6, 6.07) is 11.8. The van der Waals surface area contributed by atoms with Crippen molar-refractivity contribution >= 4 is 27.2 Å². The van der Waals surface area contributed by atoms with E-state index in [2.05, 4.69) is 36.9 Å². The molecule has 0 N–H and O–H groups in total. The highest BCUT2D eigenvalue weighted by Crippen LogP contribution is 2.32. The summed E-state index contributed by atoms with van der Waals surface area (Å²) in [5.74, 6) is 0. The van der Waals surface area contributed by atoms with Crippen molar-refractivity contribution in [2.75, 3.05) is 18.0 Å². The van der Waals surface area contributed by atoms with E-state index in [0.29, 0.717) is 0 Å². The van der Waals surface area contributed by atoms with Crippen LogP contribution in [0.15, 0.2) is 41.2 Å². The molecule has 4 heteroatoms. The molecule has 0 aromatic heterocycles. The van der Waals surface area contributed by atoms with Gasteiger partial charge in [-0.3, -0.25) is 4.79 Å². The predicted octanol–water partition coefficient (Wildman–Crippen LogP) is 9.46. The first-order valence-electron chi connectivity index (χ1n) is 14.3. The molecule has 3 rings (SSSR count). The largest absolute Gasteiger partial charge is 0.371 e. The van der Waals surface area contributed by atoms with Crippen molar-refractivity contribution in [3.8, 4) is 10.6 Å². The van der Waals surface area contributed by atoms with E-state index >= 15 is 0 Å². The van der Waals surface area contributed by atoms with E-state index < -0.39 is 0 Å². The molecule has 0 spiro atoms. The summed E-state index contributed by atoms with van der Waals surface area (Å²) in [7, 11) is 0.